The lowest BCUT2D eigenvalue weighted by Crippen LogP contribution is -2.40. The molecule has 2 aromatic carbocycles. The Morgan fingerprint density at radius 1 is 1.11 bits per heavy atom. The van der Waals surface area contributed by atoms with Gasteiger partial charge in [0, 0.05) is 37.2 Å². The van der Waals surface area contributed by atoms with Crippen LogP contribution in [0, 0.1) is 5.92 Å². The second-order valence-corrected chi connectivity index (χ2v) is 6.95. The molecule has 6 nitrogen and oxygen atoms in total. The van der Waals surface area contributed by atoms with Gasteiger partial charge in [-0.15, -0.1) is 0 Å². The van der Waals surface area contributed by atoms with E-state index in [-0.39, 0.29) is 17.7 Å². The second kappa shape index (κ2) is 7.23. The maximum Gasteiger partial charge on any atom is 0.227 e. The van der Waals surface area contributed by atoms with Crippen LogP contribution in [0.25, 0.3) is 22.4 Å². The highest BCUT2D eigenvalue weighted by molar-refractivity contribution is 5.95. The molecule has 0 spiro atoms. The molecule has 27 heavy (non-hydrogen) atoms. The molecule has 2 amide bonds. The molecular weight excluding hydrogens is 340 g/mol. The van der Waals surface area contributed by atoms with Crippen LogP contribution in [0.2, 0.25) is 0 Å². The van der Waals surface area contributed by atoms with Crippen molar-refractivity contribution < 1.29 is 9.59 Å². The Labute approximate surface area is 157 Å². The number of carbonyl (C=O) groups is 2. The summed E-state index contributed by atoms with van der Waals surface area (Å²) in [5.74, 6) is 0.844. The number of likely N-dealkylation sites (tertiary alicyclic amines) is 1. The normalized spacial score (nSPS) is 15.1. The number of anilines is 1. The van der Waals surface area contributed by atoms with Crippen molar-refractivity contribution in [1.82, 2.24) is 14.9 Å². The fourth-order valence-electron chi connectivity index (χ4n) is 3.52. The molecular formula is C21H22N4O2. The first-order chi connectivity index (χ1) is 13.1. The zero-order chi connectivity index (χ0) is 18.8. The van der Waals surface area contributed by atoms with Crippen LogP contribution in [0.3, 0.4) is 0 Å². The number of imidazole rings is 1. The number of nitrogens with one attached hydrogen (secondary N) is 2. The Morgan fingerprint density at radius 2 is 1.85 bits per heavy atom. The minimum Gasteiger partial charge on any atom is -0.343 e. The van der Waals surface area contributed by atoms with Gasteiger partial charge in [0.15, 0.2) is 0 Å². The lowest BCUT2D eigenvalue weighted by atomic mass is 9.96. The van der Waals surface area contributed by atoms with Crippen LogP contribution in [0.4, 0.5) is 5.69 Å². The third-order valence-corrected chi connectivity index (χ3v) is 5.11. The van der Waals surface area contributed by atoms with E-state index in [1.807, 2.05) is 48.5 Å². The number of H-pyrrole nitrogens is 1. The van der Waals surface area contributed by atoms with Gasteiger partial charge in [-0.3, -0.25) is 9.59 Å². The Kier molecular flexibility index (Phi) is 4.62. The number of rotatable bonds is 3. The van der Waals surface area contributed by atoms with Gasteiger partial charge in [-0.25, -0.2) is 4.98 Å². The lowest BCUT2D eigenvalue weighted by Gasteiger charge is -2.30. The van der Waals surface area contributed by atoms with E-state index in [1.54, 1.807) is 11.8 Å². The maximum absolute atomic E-state index is 12.6. The second-order valence-electron chi connectivity index (χ2n) is 6.95. The SMILES string of the molecule is CC(=O)N1CCC(C(=O)Nc2ccc3nc(-c4ccccc4)[nH]c3c2)CC1. The average Bonchev–Trinajstić information content (AvgIpc) is 3.12. The Bertz CT molecular complexity index is 972. The summed E-state index contributed by atoms with van der Waals surface area (Å²) in [4.78, 5) is 33.7. The molecule has 1 fully saturated rings. The largest absolute Gasteiger partial charge is 0.343 e. The van der Waals surface area contributed by atoms with Crippen molar-refractivity contribution in [2.24, 2.45) is 5.92 Å². The molecule has 0 saturated carbocycles. The summed E-state index contributed by atoms with van der Waals surface area (Å²) >= 11 is 0. The number of fused-ring (bicyclic) bond motifs is 1. The molecule has 0 radical (unpaired) electrons. The number of carbonyl (C=O) groups excluding carboxylic acids is 2. The molecule has 0 unspecified atom stereocenters. The van der Waals surface area contributed by atoms with Crippen LogP contribution >= 0.6 is 0 Å². The number of aromatic nitrogens is 2. The van der Waals surface area contributed by atoms with Gasteiger partial charge in [-0.1, -0.05) is 30.3 Å². The van der Waals surface area contributed by atoms with Crippen molar-refractivity contribution in [3.63, 3.8) is 0 Å². The van der Waals surface area contributed by atoms with E-state index in [0.29, 0.717) is 25.9 Å². The van der Waals surface area contributed by atoms with Crippen LogP contribution < -0.4 is 5.32 Å². The fraction of sp³-hybridized carbons (Fsp3) is 0.286. The summed E-state index contributed by atoms with van der Waals surface area (Å²) in [7, 11) is 0. The van der Waals surface area contributed by atoms with E-state index in [9.17, 15) is 9.59 Å². The number of hydrogen-bond acceptors (Lipinski definition) is 3. The first-order valence-electron chi connectivity index (χ1n) is 9.22. The number of hydrogen-bond donors (Lipinski definition) is 2. The number of benzene rings is 2. The fourth-order valence-corrected chi connectivity index (χ4v) is 3.52. The van der Waals surface area contributed by atoms with Crippen LogP contribution in [0.15, 0.2) is 48.5 Å². The molecule has 4 rings (SSSR count). The number of amides is 2. The minimum atomic E-state index is -0.0575. The summed E-state index contributed by atoms with van der Waals surface area (Å²) in [6.07, 6.45) is 1.41. The lowest BCUT2D eigenvalue weighted by molar-refractivity contribution is -0.132. The van der Waals surface area contributed by atoms with Gasteiger partial charge in [0.1, 0.15) is 5.82 Å². The molecule has 0 aliphatic carbocycles. The van der Waals surface area contributed by atoms with E-state index >= 15 is 0 Å². The van der Waals surface area contributed by atoms with Gasteiger partial charge in [0.2, 0.25) is 11.8 Å². The molecule has 138 valence electrons. The van der Waals surface area contributed by atoms with E-state index in [2.05, 4.69) is 15.3 Å². The number of nitrogens with zero attached hydrogens (tertiary/aromatic N) is 2. The van der Waals surface area contributed by atoms with Crippen molar-refractivity contribution >= 4 is 28.5 Å². The molecule has 2 heterocycles. The van der Waals surface area contributed by atoms with Crippen molar-refractivity contribution in [2.75, 3.05) is 18.4 Å². The molecule has 1 aliphatic heterocycles. The molecule has 1 aromatic heterocycles. The topological polar surface area (TPSA) is 78.1 Å². The van der Waals surface area contributed by atoms with E-state index in [0.717, 1.165) is 28.1 Å². The third kappa shape index (κ3) is 3.69. The monoisotopic (exact) mass is 362 g/mol. The van der Waals surface area contributed by atoms with Crippen molar-refractivity contribution in [3.05, 3.63) is 48.5 Å². The summed E-state index contributed by atoms with van der Waals surface area (Å²) in [5.41, 5.74) is 3.53. The van der Waals surface area contributed by atoms with Gasteiger partial charge >= 0.3 is 0 Å². The quantitative estimate of drug-likeness (QED) is 0.749. The molecule has 3 aromatic rings. The molecule has 0 atom stereocenters. The van der Waals surface area contributed by atoms with Crippen molar-refractivity contribution in [2.45, 2.75) is 19.8 Å². The van der Waals surface area contributed by atoms with Gasteiger partial charge in [0.05, 0.1) is 11.0 Å². The van der Waals surface area contributed by atoms with E-state index < -0.39 is 0 Å². The summed E-state index contributed by atoms with van der Waals surface area (Å²) < 4.78 is 0. The molecule has 1 aliphatic rings. The Hall–Kier alpha value is -3.15. The highest BCUT2D eigenvalue weighted by Crippen LogP contribution is 2.24. The van der Waals surface area contributed by atoms with Crippen LogP contribution in [-0.4, -0.2) is 39.8 Å². The molecule has 6 heteroatoms. The first kappa shape index (κ1) is 17.3. The van der Waals surface area contributed by atoms with Gasteiger partial charge in [-0.05, 0) is 31.0 Å². The Morgan fingerprint density at radius 3 is 2.56 bits per heavy atom. The zero-order valence-corrected chi connectivity index (χ0v) is 15.2. The Balaban J connectivity index is 1.46. The highest BCUT2D eigenvalue weighted by atomic mass is 16.2. The smallest absolute Gasteiger partial charge is 0.227 e. The number of aromatic amines is 1. The first-order valence-corrected chi connectivity index (χ1v) is 9.22. The van der Waals surface area contributed by atoms with Gasteiger partial charge in [-0.2, -0.15) is 0 Å². The average molecular weight is 362 g/mol. The van der Waals surface area contributed by atoms with Crippen LogP contribution in [-0.2, 0) is 9.59 Å². The minimum absolute atomic E-state index is 0.0142. The maximum atomic E-state index is 12.6. The standard InChI is InChI=1S/C21H22N4O2/c1-14(26)25-11-9-16(10-12-25)21(27)22-17-7-8-18-19(13-17)24-20(23-18)15-5-3-2-4-6-15/h2-8,13,16H,9-12H2,1H3,(H,22,27)(H,23,24). The molecule has 2 N–H and O–H groups in total. The highest BCUT2D eigenvalue weighted by Gasteiger charge is 2.26. The third-order valence-electron chi connectivity index (χ3n) is 5.11. The summed E-state index contributed by atoms with van der Waals surface area (Å²) in [6.45, 7) is 2.87. The predicted octanol–water partition coefficient (Wildman–Crippen LogP) is 3.43. The predicted molar refractivity (Wildman–Crippen MR) is 105 cm³/mol. The summed E-state index contributed by atoms with van der Waals surface area (Å²) in [6, 6.07) is 15.6. The van der Waals surface area contributed by atoms with Crippen LogP contribution in [0.1, 0.15) is 19.8 Å². The van der Waals surface area contributed by atoms with Gasteiger partial charge in [0.25, 0.3) is 0 Å². The van der Waals surface area contributed by atoms with E-state index in [1.165, 1.54) is 0 Å². The van der Waals surface area contributed by atoms with E-state index in [4.69, 9.17) is 0 Å². The zero-order valence-electron chi connectivity index (χ0n) is 15.2. The van der Waals surface area contributed by atoms with Crippen LogP contribution in [0.5, 0.6) is 0 Å². The number of piperidine rings is 1. The van der Waals surface area contributed by atoms with Gasteiger partial charge < -0.3 is 15.2 Å². The molecule has 0 bridgehead atoms. The van der Waals surface area contributed by atoms with Crippen molar-refractivity contribution in [1.29, 1.82) is 0 Å². The molecule has 1 saturated heterocycles. The summed E-state index contributed by atoms with van der Waals surface area (Å²) in [5, 5.41) is 3.01. The van der Waals surface area contributed by atoms with Crippen molar-refractivity contribution in [3.8, 4) is 11.4 Å².